The molecule has 1 heterocycles. The van der Waals surface area contributed by atoms with Crippen LogP contribution in [0.2, 0.25) is 5.02 Å². The quantitative estimate of drug-likeness (QED) is 0.794. The van der Waals surface area contributed by atoms with Crippen molar-refractivity contribution in [2.24, 2.45) is 5.92 Å². The smallest absolute Gasteiger partial charge is 0.274 e. The Kier molecular flexibility index (Phi) is 6.37. The molecule has 0 aliphatic carbocycles. The predicted molar refractivity (Wildman–Crippen MR) is 95.9 cm³/mol. The highest BCUT2D eigenvalue weighted by Gasteiger charge is 2.10. The number of amides is 1. The number of nitrogens with zero attached hydrogens (tertiary/aromatic N) is 2. The van der Waals surface area contributed by atoms with E-state index < -0.39 is 0 Å². The molecule has 0 saturated heterocycles. The van der Waals surface area contributed by atoms with Crippen LogP contribution in [0.5, 0.6) is 5.75 Å². The zero-order chi connectivity index (χ0) is 17.5. The number of nitrogens with one attached hydrogen (secondary N) is 2. The summed E-state index contributed by atoms with van der Waals surface area (Å²) in [5, 5.41) is 6.30. The van der Waals surface area contributed by atoms with Gasteiger partial charge in [-0.05, 0) is 36.6 Å². The van der Waals surface area contributed by atoms with Gasteiger partial charge in [0.25, 0.3) is 5.91 Å². The summed E-state index contributed by atoms with van der Waals surface area (Å²) in [6, 6.07) is 6.60. The molecule has 6 nitrogen and oxygen atoms in total. The third-order valence-electron chi connectivity index (χ3n) is 3.30. The lowest BCUT2D eigenvalue weighted by Gasteiger charge is -2.09. The Morgan fingerprint density at radius 3 is 2.79 bits per heavy atom. The van der Waals surface area contributed by atoms with Crippen molar-refractivity contribution in [1.82, 2.24) is 9.97 Å². The summed E-state index contributed by atoms with van der Waals surface area (Å²) in [7, 11) is 1.54. The topological polar surface area (TPSA) is 76.1 Å². The summed E-state index contributed by atoms with van der Waals surface area (Å²) in [6.45, 7) is 5.05. The monoisotopic (exact) mass is 348 g/mol. The number of anilines is 2. The second kappa shape index (κ2) is 8.49. The van der Waals surface area contributed by atoms with Gasteiger partial charge in [0.2, 0.25) is 5.95 Å². The first-order chi connectivity index (χ1) is 11.5. The summed E-state index contributed by atoms with van der Waals surface area (Å²) >= 11 is 6.05. The van der Waals surface area contributed by atoms with E-state index in [4.69, 9.17) is 16.3 Å². The Morgan fingerprint density at radius 2 is 2.12 bits per heavy atom. The Hall–Kier alpha value is -2.34. The highest BCUT2D eigenvalue weighted by molar-refractivity contribution is 6.32. The van der Waals surface area contributed by atoms with Crippen LogP contribution >= 0.6 is 11.6 Å². The van der Waals surface area contributed by atoms with Gasteiger partial charge in [-0.2, -0.15) is 0 Å². The van der Waals surface area contributed by atoms with E-state index in [0.717, 1.165) is 13.0 Å². The fourth-order valence-corrected chi connectivity index (χ4v) is 2.24. The third-order valence-corrected chi connectivity index (χ3v) is 3.60. The molecule has 0 saturated carbocycles. The van der Waals surface area contributed by atoms with E-state index >= 15 is 0 Å². The molecule has 0 fully saturated rings. The van der Waals surface area contributed by atoms with Crippen LogP contribution in [0.3, 0.4) is 0 Å². The summed E-state index contributed by atoms with van der Waals surface area (Å²) in [4.78, 5) is 20.7. The minimum Gasteiger partial charge on any atom is -0.495 e. The SMILES string of the molecule is COc1ccc(NC(=O)c2ccnc(NCCC(C)C)n2)cc1Cl. The summed E-state index contributed by atoms with van der Waals surface area (Å²) < 4.78 is 5.09. The molecule has 0 spiro atoms. The van der Waals surface area contributed by atoms with Crippen molar-refractivity contribution in [3.8, 4) is 5.75 Å². The molecule has 2 N–H and O–H groups in total. The standard InChI is InChI=1S/C17H21ClN4O2/c1-11(2)6-8-19-17-20-9-7-14(22-17)16(23)21-12-4-5-15(24-3)13(18)10-12/h4-5,7,9-11H,6,8H2,1-3H3,(H,21,23)(H,19,20,22). The van der Waals surface area contributed by atoms with E-state index in [-0.39, 0.29) is 11.6 Å². The zero-order valence-corrected chi connectivity index (χ0v) is 14.7. The molecule has 1 aromatic heterocycles. The molecule has 128 valence electrons. The molecule has 0 unspecified atom stereocenters. The number of methoxy groups -OCH3 is 1. The fraction of sp³-hybridized carbons (Fsp3) is 0.353. The lowest BCUT2D eigenvalue weighted by molar-refractivity contribution is 0.102. The maximum atomic E-state index is 12.3. The average Bonchev–Trinajstić information content (AvgIpc) is 2.55. The van der Waals surface area contributed by atoms with Crippen molar-refractivity contribution in [1.29, 1.82) is 0 Å². The highest BCUT2D eigenvalue weighted by Crippen LogP contribution is 2.27. The van der Waals surface area contributed by atoms with Crippen LogP contribution in [-0.4, -0.2) is 29.5 Å². The minimum atomic E-state index is -0.328. The first-order valence-corrected chi connectivity index (χ1v) is 8.09. The normalized spacial score (nSPS) is 10.5. The maximum Gasteiger partial charge on any atom is 0.274 e. The van der Waals surface area contributed by atoms with E-state index in [2.05, 4.69) is 34.4 Å². The highest BCUT2D eigenvalue weighted by atomic mass is 35.5. The Bertz CT molecular complexity index is 707. The van der Waals surface area contributed by atoms with E-state index in [0.29, 0.717) is 28.3 Å². The molecule has 0 aliphatic heterocycles. The Morgan fingerprint density at radius 1 is 1.33 bits per heavy atom. The molecule has 7 heteroatoms. The molecule has 0 atom stereocenters. The van der Waals surface area contributed by atoms with Gasteiger partial charge in [-0.3, -0.25) is 4.79 Å². The van der Waals surface area contributed by atoms with Crippen LogP contribution in [0.15, 0.2) is 30.5 Å². The lowest BCUT2D eigenvalue weighted by atomic mass is 10.1. The van der Waals surface area contributed by atoms with E-state index in [1.165, 1.54) is 7.11 Å². The molecule has 2 rings (SSSR count). The number of rotatable bonds is 7. The first kappa shape index (κ1) is 18.0. The summed E-state index contributed by atoms with van der Waals surface area (Å²) in [5.74, 6) is 1.25. The van der Waals surface area contributed by atoms with Gasteiger partial charge in [-0.1, -0.05) is 25.4 Å². The minimum absolute atomic E-state index is 0.281. The van der Waals surface area contributed by atoms with Crippen LogP contribution < -0.4 is 15.4 Å². The molecular weight excluding hydrogens is 328 g/mol. The van der Waals surface area contributed by atoms with Gasteiger partial charge in [-0.15, -0.1) is 0 Å². The molecule has 0 bridgehead atoms. The van der Waals surface area contributed by atoms with Gasteiger partial charge in [0.05, 0.1) is 12.1 Å². The van der Waals surface area contributed by atoms with Gasteiger partial charge in [0.15, 0.2) is 0 Å². The van der Waals surface area contributed by atoms with E-state index in [1.54, 1.807) is 30.5 Å². The van der Waals surface area contributed by atoms with Crippen LogP contribution in [-0.2, 0) is 0 Å². The predicted octanol–water partition coefficient (Wildman–Crippen LogP) is 3.85. The molecule has 24 heavy (non-hydrogen) atoms. The van der Waals surface area contributed by atoms with Crippen molar-refractivity contribution in [3.63, 3.8) is 0 Å². The van der Waals surface area contributed by atoms with Gasteiger partial charge in [-0.25, -0.2) is 9.97 Å². The molecular formula is C17H21ClN4O2. The first-order valence-electron chi connectivity index (χ1n) is 7.71. The fourth-order valence-electron chi connectivity index (χ4n) is 1.98. The summed E-state index contributed by atoms with van der Waals surface area (Å²) in [5.41, 5.74) is 0.850. The van der Waals surface area contributed by atoms with Crippen LogP contribution in [0.4, 0.5) is 11.6 Å². The van der Waals surface area contributed by atoms with Gasteiger partial charge < -0.3 is 15.4 Å². The number of carbonyl (C=O) groups is 1. The number of hydrogen-bond donors (Lipinski definition) is 2. The second-order valence-electron chi connectivity index (χ2n) is 5.68. The van der Waals surface area contributed by atoms with Crippen molar-refractivity contribution >= 4 is 29.1 Å². The Balaban J connectivity index is 2.03. The van der Waals surface area contributed by atoms with Gasteiger partial charge >= 0.3 is 0 Å². The number of benzene rings is 1. The van der Waals surface area contributed by atoms with Crippen LogP contribution in [0.25, 0.3) is 0 Å². The molecule has 1 aromatic carbocycles. The zero-order valence-electron chi connectivity index (χ0n) is 14.0. The van der Waals surface area contributed by atoms with Crippen molar-refractivity contribution in [2.75, 3.05) is 24.3 Å². The molecule has 0 aliphatic rings. The largest absolute Gasteiger partial charge is 0.495 e. The molecule has 2 aromatic rings. The Labute approximate surface area is 146 Å². The van der Waals surface area contributed by atoms with Crippen LogP contribution in [0.1, 0.15) is 30.8 Å². The van der Waals surface area contributed by atoms with Crippen molar-refractivity contribution in [2.45, 2.75) is 20.3 Å². The second-order valence-corrected chi connectivity index (χ2v) is 6.09. The van der Waals surface area contributed by atoms with Gasteiger partial charge in [0.1, 0.15) is 11.4 Å². The van der Waals surface area contributed by atoms with Crippen molar-refractivity contribution < 1.29 is 9.53 Å². The molecule has 1 amide bonds. The number of carbonyl (C=O) groups excluding carboxylic acids is 1. The van der Waals surface area contributed by atoms with Crippen molar-refractivity contribution in [3.05, 3.63) is 41.2 Å². The average molecular weight is 349 g/mol. The van der Waals surface area contributed by atoms with Gasteiger partial charge in [0, 0.05) is 18.4 Å². The maximum absolute atomic E-state index is 12.3. The third kappa shape index (κ3) is 5.09. The lowest BCUT2D eigenvalue weighted by Crippen LogP contribution is -2.16. The number of hydrogen-bond acceptors (Lipinski definition) is 5. The number of aromatic nitrogens is 2. The molecule has 0 radical (unpaired) electrons. The van der Waals surface area contributed by atoms with Crippen LogP contribution in [0, 0.1) is 5.92 Å². The summed E-state index contributed by atoms with van der Waals surface area (Å²) in [6.07, 6.45) is 2.56. The number of halogens is 1. The van der Waals surface area contributed by atoms with E-state index in [9.17, 15) is 4.79 Å². The van der Waals surface area contributed by atoms with E-state index in [1.807, 2.05) is 0 Å². The number of ether oxygens (including phenoxy) is 1.